The first-order valence-corrected chi connectivity index (χ1v) is 5.45. The molecule has 1 heterocycles. The molecule has 2 N–H and O–H groups in total. The first kappa shape index (κ1) is 15.1. The molecule has 0 aliphatic carbocycles. The smallest absolute Gasteiger partial charge is 0.374 e. The van der Waals surface area contributed by atoms with Gasteiger partial charge in [0, 0.05) is 13.2 Å². The highest BCUT2D eigenvalue weighted by Gasteiger charge is 2.26. The monoisotopic (exact) mass is 272 g/mol. The standard InChI is InChI=1S/C11H16N2O6/c1-13-5-6(12-10(13)11(17)19-3)9(16)7(14)4-8(15)18-2/h5,7,9,14,16H,4H2,1-3H3. The van der Waals surface area contributed by atoms with Crippen molar-refractivity contribution in [2.24, 2.45) is 7.05 Å². The molecule has 0 fully saturated rings. The van der Waals surface area contributed by atoms with Crippen molar-refractivity contribution in [1.29, 1.82) is 0 Å². The Bertz CT molecular complexity index is 470. The van der Waals surface area contributed by atoms with Crippen LogP contribution < -0.4 is 0 Å². The highest BCUT2D eigenvalue weighted by Crippen LogP contribution is 2.18. The zero-order chi connectivity index (χ0) is 14.6. The Hall–Kier alpha value is -1.93. The number of aliphatic hydroxyl groups is 2. The Kier molecular flexibility index (Phi) is 5.02. The SMILES string of the molecule is COC(=O)CC(O)C(O)c1cn(C)c(C(=O)OC)n1. The van der Waals surface area contributed by atoms with Crippen molar-refractivity contribution in [3.8, 4) is 0 Å². The highest BCUT2D eigenvalue weighted by molar-refractivity contribution is 5.85. The van der Waals surface area contributed by atoms with Crippen LogP contribution >= 0.6 is 0 Å². The number of hydrogen-bond acceptors (Lipinski definition) is 7. The molecule has 0 aliphatic rings. The Morgan fingerprint density at radius 3 is 2.53 bits per heavy atom. The van der Waals surface area contributed by atoms with Gasteiger partial charge in [0.05, 0.1) is 32.4 Å². The minimum atomic E-state index is -1.40. The van der Waals surface area contributed by atoms with Crippen molar-refractivity contribution < 1.29 is 29.3 Å². The van der Waals surface area contributed by atoms with Crippen LogP contribution in [-0.4, -0.2) is 52.0 Å². The predicted molar refractivity (Wildman–Crippen MR) is 62.1 cm³/mol. The molecule has 0 bridgehead atoms. The van der Waals surface area contributed by atoms with E-state index >= 15 is 0 Å². The zero-order valence-corrected chi connectivity index (χ0v) is 10.9. The molecule has 1 aromatic rings. The molecule has 1 aromatic heterocycles. The summed E-state index contributed by atoms with van der Waals surface area (Å²) in [6, 6.07) is 0. The third-order valence-electron chi connectivity index (χ3n) is 2.53. The van der Waals surface area contributed by atoms with Crippen LogP contribution in [0.15, 0.2) is 6.20 Å². The van der Waals surface area contributed by atoms with Gasteiger partial charge in [0.2, 0.25) is 5.82 Å². The van der Waals surface area contributed by atoms with Crippen LogP contribution in [0.25, 0.3) is 0 Å². The lowest BCUT2D eigenvalue weighted by Crippen LogP contribution is -2.23. The number of hydrogen-bond donors (Lipinski definition) is 2. The number of esters is 2. The van der Waals surface area contributed by atoms with Crippen LogP contribution in [0, 0.1) is 0 Å². The fourth-order valence-electron chi connectivity index (χ4n) is 1.48. The average molecular weight is 272 g/mol. The molecule has 106 valence electrons. The number of ether oxygens (including phenoxy) is 2. The molecular formula is C11H16N2O6. The van der Waals surface area contributed by atoms with Crippen LogP contribution in [0.3, 0.4) is 0 Å². The second kappa shape index (κ2) is 6.30. The van der Waals surface area contributed by atoms with E-state index < -0.39 is 24.1 Å². The summed E-state index contributed by atoms with van der Waals surface area (Å²) in [6.07, 6.45) is -1.77. The van der Waals surface area contributed by atoms with Crippen LogP contribution in [0.5, 0.6) is 0 Å². The van der Waals surface area contributed by atoms with E-state index in [1.807, 2.05) is 0 Å². The Morgan fingerprint density at radius 1 is 1.37 bits per heavy atom. The normalized spacial score (nSPS) is 13.7. The lowest BCUT2D eigenvalue weighted by molar-refractivity contribution is -0.144. The molecule has 2 unspecified atom stereocenters. The maximum Gasteiger partial charge on any atom is 0.374 e. The predicted octanol–water partition coefficient (Wildman–Crippen LogP) is -0.836. The molecule has 0 saturated carbocycles. The van der Waals surface area contributed by atoms with Crippen molar-refractivity contribution in [3.05, 3.63) is 17.7 Å². The van der Waals surface area contributed by atoms with Crippen LogP contribution in [-0.2, 0) is 21.3 Å². The minimum Gasteiger partial charge on any atom is -0.469 e. The van der Waals surface area contributed by atoms with E-state index in [2.05, 4.69) is 14.5 Å². The summed E-state index contributed by atoms with van der Waals surface area (Å²) >= 11 is 0. The number of carbonyl (C=O) groups excluding carboxylic acids is 2. The van der Waals surface area contributed by atoms with E-state index in [0.717, 1.165) is 0 Å². The maximum absolute atomic E-state index is 11.3. The van der Waals surface area contributed by atoms with Crippen molar-refractivity contribution in [2.45, 2.75) is 18.6 Å². The molecule has 0 aromatic carbocycles. The van der Waals surface area contributed by atoms with Crippen molar-refractivity contribution >= 4 is 11.9 Å². The van der Waals surface area contributed by atoms with Gasteiger partial charge in [-0.1, -0.05) is 0 Å². The molecule has 8 heteroatoms. The van der Waals surface area contributed by atoms with Gasteiger partial charge in [0.25, 0.3) is 0 Å². The van der Waals surface area contributed by atoms with Crippen molar-refractivity contribution in [1.82, 2.24) is 9.55 Å². The van der Waals surface area contributed by atoms with E-state index in [9.17, 15) is 19.8 Å². The van der Waals surface area contributed by atoms with E-state index in [1.54, 1.807) is 7.05 Å². The average Bonchev–Trinajstić information content (AvgIpc) is 2.78. The largest absolute Gasteiger partial charge is 0.469 e. The van der Waals surface area contributed by atoms with E-state index in [1.165, 1.54) is 25.0 Å². The quantitative estimate of drug-likeness (QED) is 0.672. The number of aromatic nitrogens is 2. The van der Waals surface area contributed by atoms with Gasteiger partial charge in [-0.25, -0.2) is 9.78 Å². The van der Waals surface area contributed by atoms with E-state index in [-0.39, 0.29) is 17.9 Å². The molecule has 2 atom stereocenters. The summed E-state index contributed by atoms with van der Waals surface area (Å²) in [4.78, 5) is 26.2. The highest BCUT2D eigenvalue weighted by atomic mass is 16.5. The molecule has 0 amide bonds. The first-order valence-electron chi connectivity index (χ1n) is 5.45. The lowest BCUT2D eigenvalue weighted by Gasteiger charge is -2.14. The number of nitrogens with zero attached hydrogens (tertiary/aromatic N) is 2. The number of carbonyl (C=O) groups is 2. The summed E-state index contributed by atoms with van der Waals surface area (Å²) < 4.78 is 10.3. The summed E-state index contributed by atoms with van der Waals surface area (Å²) in [5, 5.41) is 19.5. The molecular weight excluding hydrogens is 256 g/mol. The van der Waals surface area contributed by atoms with Gasteiger partial charge < -0.3 is 24.3 Å². The van der Waals surface area contributed by atoms with Gasteiger partial charge in [0.15, 0.2) is 0 Å². The minimum absolute atomic E-state index is 0.0122. The van der Waals surface area contributed by atoms with Gasteiger partial charge in [-0.3, -0.25) is 4.79 Å². The first-order chi connectivity index (χ1) is 8.90. The fourth-order valence-corrected chi connectivity index (χ4v) is 1.48. The molecule has 19 heavy (non-hydrogen) atoms. The maximum atomic E-state index is 11.3. The Morgan fingerprint density at radius 2 is 2.00 bits per heavy atom. The number of rotatable bonds is 5. The zero-order valence-electron chi connectivity index (χ0n) is 10.9. The molecule has 0 aliphatic heterocycles. The number of aliphatic hydroxyl groups excluding tert-OH is 2. The van der Waals surface area contributed by atoms with Gasteiger partial charge >= 0.3 is 11.9 Å². The van der Waals surface area contributed by atoms with Crippen LogP contribution in [0.2, 0.25) is 0 Å². The summed E-state index contributed by atoms with van der Waals surface area (Å²) in [5.41, 5.74) is 0.0688. The molecule has 1 rings (SSSR count). The molecule has 8 nitrogen and oxygen atoms in total. The second-order valence-corrected chi connectivity index (χ2v) is 3.88. The third kappa shape index (κ3) is 3.52. The number of methoxy groups -OCH3 is 2. The Balaban J connectivity index is 2.85. The number of aryl methyl sites for hydroxylation is 1. The van der Waals surface area contributed by atoms with E-state index in [4.69, 9.17) is 0 Å². The van der Waals surface area contributed by atoms with Crippen LogP contribution in [0.4, 0.5) is 0 Å². The Labute approximate surface area is 109 Å². The van der Waals surface area contributed by atoms with Crippen LogP contribution in [0.1, 0.15) is 28.8 Å². The van der Waals surface area contributed by atoms with Gasteiger partial charge in [-0.15, -0.1) is 0 Å². The fraction of sp³-hybridized carbons (Fsp3) is 0.545. The van der Waals surface area contributed by atoms with Crippen molar-refractivity contribution in [3.63, 3.8) is 0 Å². The second-order valence-electron chi connectivity index (χ2n) is 3.88. The molecule has 0 saturated heterocycles. The van der Waals surface area contributed by atoms with Gasteiger partial charge in [-0.05, 0) is 0 Å². The summed E-state index contributed by atoms with van der Waals surface area (Å²) in [6.45, 7) is 0. The van der Waals surface area contributed by atoms with Gasteiger partial charge in [0.1, 0.15) is 6.10 Å². The molecule has 0 radical (unpaired) electrons. The number of imidazole rings is 1. The summed E-state index contributed by atoms with van der Waals surface area (Å²) in [7, 11) is 3.93. The lowest BCUT2D eigenvalue weighted by atomic mass is 10.1. The van der Waals surface area contributed by atoms with Crippen molar-refractivity contribution in [2.75, 3.05) is 14.2 Å². The van der Waals surface area contributed by atoms with E-state index in [0.29, 0.717) is 0 Å². The molecule has 0 spiro atoms. The van der Waals surface area contributed by atoms with Gasteiger partial charge in [-0.2, -0.15) is 0 Å². The third-order valence-corrected chi connectivity index (χ3v) is 2.53. The summed E-state index contributed by atoms with van der Waals surface area (Å²) in [5.74, 6) is -1.33. The topological polar surface area (TPSA) is 111 Å².